The van der Waals surface area contributed by atoms with Crippen LogP contribution in [0.5, 0.6) is 0 Å². The molecule has 0 aliphatic carbocycles. The van der Waals surface area contributed by atoms with Crippen LogP contribution in [0.3, 0.4) is 0 Å². The van der Waals surface area contributed by atoms with Crippen molar-refractivity contribution in [3.8, 4) is 0 Å². The fourth-order valence-electron chi connectivity index (χ4n) is 0. The average Bonchev–Trinajstić information content (AvgIpc) is 1.00. The molecule has 0 radical (unpaired) electrons. The van der Waals surface area contributed by atoms with E-state index in [1.807, 2.05) is 0 Å². The summed E-state index contributed by atoms with van der Waals surface area (Å²) in [5.74, 6) is 0. The van der Waals surface area contributed by atoms with Crippen molar-refractivity contribution in [2.45, 2.75) is 0 Å². The molecule has 0 saturated heterocycles. The van der Waals surface area contributed by atoms with Gasteiger partial charge >= 0.3 is 61.5 Å². The van der Waals surface area contributed by atoms with E-state index in [1.54, 1.807) is 10.1 Å². The van der Waals surface area contributed by atoms with Crippen molar-refractivity contribution >= 4 is 27.5 Å². The Morgan fingerprint density at radius 2 is 1.00 bits per heavy atom. The van der Waals surface area contributed by atoms with Crippen LogP contribution < -0.4 is 29.6 Å². The van der Waals surface area contributed by atoms with Crippen LogP contribution >= 0.6 is 0 Å². The molecule has 3 nitrogen and oxygen atoms in total. The van der Waals surface area contributed by atoms with Crippen molar-refractivity contribution in [3.05, 3.63) is 0 Å². The predicted octanol–water partition coefficient (Wildman–Crippen LogP) is -4.11. The third-order valence-corrected chi connectivity index (χ3v) is 0. The van der Waals surface area contributed by atoms with Crippen LogP contribution in [0.2, 0.25) is 0 Å². The van der Waals surface area contributed by atoms with Gasteiger partial charge in [0.25, 0.3) is 0 Å². The van der Waals surface area contributed by atoms with E-state index in [0.29, 0.717) is 0 Å². The van der Waals surface area contributed by atoms with Gasteiger partial charge in [0.2, 0.25) is 0 Å². The SMILES string of the molecule is O=[Si+2].[Al+3].[Na+].[O-2].[O-2]. The van der Waals surface area contributed by atoms with Crippen molar-refractivity contribution < 1.29 is 45.0 Å². The van der Waals surface area contributed by atoms with Gasteiger partial charge in [-0.1, -0.05) is 0 Å². The second-order valence-electron chi connectivity index (χ2n) is 0. The fraction of sp³-hybridized carbons (Fsp3) is 0. The maximum absolute atomic E-state index is 8.06. The summed E-state index contributed by atoms with van der Waals surface area (Å²) in [4.78, 5) is 0. The van der Waals surface area contributed by atoms with Gasteiger partial charge in [0, 0.05) is 0 Å². The molecule has 6 heteroatoms. The van der Waals surface area contributed by atoms with Crippen LogP contribution in [0, 0.1) is 0 Å². The zero-order chi connectivity index (χ0) is 2.00. The quantitative estimate of drug-likeness (QED) is 0.304. The van der Waals surface area contributed by atoms with Crippen LogP contribution in [0.1, 0.15) is 0 Å². The van der Waals surface area contributed by atoms with Gasteiger partial charge in [0.15, 0.2) is 0 Å². The van der Waals surface area contributed by atoms with Crippen LogP contribution in [-0.2, 0) is 15.4 Å². The topological polar surface area (TPSA) is 74.1 Å². The Kier molecular flexibility index (Phi) is 766. The molecule has 0 amide bonds. The molecule has 0 aliphatic rings. The summed E-state index contributed by atoms with van der Waals surface area (Å²) in [5.41, 5.74) is 0. The largest absolute Gasteiger partial charge is 3.00 e. The Morgan fingerprint density at radius 3 is 1.00 bits per heavy atom. The van der Waals surface area contributed by atoms with E-state index >= 15 is 0 Å². The first kappa shape index (κ1) is 51.3. The zero-order valence-corrected chi connectivity index (χ0v) is 7.46. The van der Waals surface area contributed by atoms with E-state index in [1.165, 1.54) is 0 Å². The number of rotatable bonds is 0. The zero-order valence-electron chi connectivity index (χ0n) is 3.30. The Hall–Kier alpha value is 1.47. The molecule has 0 aromatic carbocycles. The maximum atomic E-state index is 8.06. The average molecular weight is 126 g/mol. The molecule has 0 N–H and O–H groups in total. The Bertz CT molecular complexity index is 10.8. The van der Waals surface area contributed by atoms with Crippen molar-refractivity contribution in [3.63, 3.8) is 0 Å². The van der Waals surface area contributed by atoms with Gasteiger partial charge in [-0.3, -0.25) is 0 Å². The normalized spacial score (nSPS) is 1.00. The Morgan fingerprint density at radius 1 is 1.00 bits per heavy atom. The molecule has 0 rings (SSSR count). The third kappa shape index (κ3) is 50.6. The molecule has 0 aromatic heterocycles. The van der Waals surface area contributed by atoms with E-state index in [9.17, 15) is 0 Å². The summed E-state index contributed by atoms with van der Waals surface area (Å²) in [7, 11) is 1.72. The number of hydrogen-bond donors (Lipinski definition) is 0. The molecule has 0 saturated carbocycles. The molecule has 0 bridgehead atoms. The van der Waals surface area contributed by atoms with Crippen molar-refractivity contribution in [1.82, 2.24) is 0 Å². The molecule has 0 atom stereocenters. The van der Waals surface area contributed by atoms with Gasteiger partial charge in [0.05, 0.1) is 0 Å². The second kappa shape index (κ2) is 89.6. The predicted molar refractivity (Wildman–Crippen MR) is 13.6 cm³/mol. The van der Waals surface area contributed by atoms with Gasteiger partial charge < -0.3 is 11.0 Å². The first-order valence-electron chi connectivity index (χ1n) is 0.204. The van der Waals surface area contributed by atoms with E-state index in [2.05, 4.69) is 0 Å². The molecule has 0 spiro atoms. The van der Waals surface area contributed by atoms with Crippen molar-refractivity contribution in [1.29, 1.82) is 0 Å². The minimum Gasteiger partial charge on any atom is -2.00 e. The third-order valence-electron chi connectivity index (χ3n) is 0. The first-order chi connectivity index (χ1) is 1.00. The number of hydrogen-bond acceptors (Lipinski definition) is 1. The fourth-order valence-corrected chi connectivity index (χ4v) is 0. The van der Waals surface area contributed by atoms with Crippen molar-refractivity contribution in [2.24, 2.45) is 0 Å². The molecule has 6 heavy (non-hydrogen) atoms. The minimum absolute atomic E-state index is 0. The molecular weight excluding hydrogens is 126 g/mol. The molecule has 0 unspecified atom stereocenters. The maximum Gasteiger partial charge on any atom is 3.00 e. The Balaban J connectivity index is -0.000000000833. The van der Waals surface area contributed by atoms with Crippen molar-refractivity contribution in [2.75, 3.05) is 0 Å². The second-order valence-corrected chi connectivity index (χ2v) is 0. The molecule has 24 valence electrons. The smallest absolute Gasteiger partial charge is 2.00 e. The van der Waals surface area contributed by atoms with E-state index < -0.39 is 0 Å². The molecule has 0 fully saturated rings. The van der Waals surface area contributed by atoms with E-state index in [0.717, 1.165) is 0 Å². The molecule has 0 aromatic rings. The van der Waals surface area contributed by atoms with Crippen LogP contribution in [0.4, 0.5) is 0 Å². The monoisotopic (exact) mass is 126 g/mol. The first-order valence-corrected chi connectivity index (χ1v) is 0.612. The minimum atomic E-state index is 0. The van der Waals surface area contributed by atoms with E-state index in [4.69, 9.17) is 4.46 Å². The van der Waals surface area contributed by atoms with Gasteiger partial charge in [-0.2, -0.15) is 0 Å². The van der Waals surface area contributed by atoms with Crippen LogP contribution in [0.15, 0.2) is 0 Å². The van der Waals surface area contributed by atoms with Crippen LogP contribution in [0.25, 0.3) is 0 Å². The standard InChI is InChI=1S/Al.Na.OSi.2O/c;;1-2;;/q+3;+1;+2;2*-2. The van der Waals surface area contributed by atoms with E-state index in [-0.39, 0.29) is 57.9 Å². The molecular formula is AlNaO3Si+2. The van der Waals surface area contributed by atoms with Gasteiger partial charge in [-0.05, 0) is 0 Å². The summed E-state index contributed by atoms with van der Waals surface area (Å²) < 4.78 is 8.06. The van der Waals surface area contributed by atoms with Gasteiger partial charge in [-0.15, -0.1) is 0 Å². The summed E-state index contributed by atoms with van der Waals surface area (Å²) >= 11 is 0. The summed E-state index contributed by atoms with van der Waals surface area (Å²) in [6.45, 7) is 0. The van der Waals surface area contributed by atoms with Gasteiger partial charge in [-0.25, -0.2) is 0 Å². The summed E-state index contributed by atoms with van der Waals surface area (Å²) in [6, 6.07) is 0. The Labute approximate surface area is 72.0 Å². The van der Waals surface area contributed by atoms with Crippen LogP contribution in [-0.4, -0.2) is 27.5 Å². The van der Waals surface area contributed by atoms with Gasteiger partial charge in [0.1, 0.15) is 0 Å². The summed E-state index contributed by atoms with van der Waals surface area (Å²) in [5, 5.41) is 0. The molecule has 0 heterocycles. The summed E-state index contributed by atoms with van der Waals surface area (Å²) in [6.07, 6.45) is 0. The molecule has 0 aliphatic heterocycles.